The lowest BCUT2D eigenvalue weighted by atomic mass is 10.3. The number of benzene rings is 1. The minimum atomic E-state index is -4.70. The molecule has 0 amide bonds. The SMILES string of the molecule is Fc1ccc(Cl)c(SC(F)(F)F)c1F. The van der Waals surface area contributed by atoms with E-state index >= 15 is 0 Å². The molecule has 0 spiro atoms. The molecule has 1 rings (SSSR count). The Balaban J connectivity index is 3.13. The van der Waals surface area contributed by atoms with Gasteiger partial charge in [0.2, 0.25) is 0 Å². The predicted octanol–water partition coefficient (Wildman–Crippen LogP) is 4.23. The van der Waals surface area contributed by atoms with Gasteiger partial charge in [0.15, 0.2) is 11.6 Å². The Morgan fingerprint density at radius 1 is 1.14 bits per heavy atom. The fourth-order valence-corrected chi connectivity index (χ4v) is 1.56. The number of hydrogen-bond donors (Lipinski definition) is 0. The van der Waals surface area contributed by atoms with Gasteiger partial charge < -0.3 is 0 Å². The fourth-order valence-electron chi connectivity index (χ4n) is 0.718. The summed E-state index contributed by atoms with van der Waals surface area (Å²) in [5, 5.41) is -0.466. The monoisotopic (exact) mass is 248 g/mol. The van der Waals surface area contributed by atoms with Crippen LogP contribution in [0.15, 0.2) is 17.0 Å². The molecule has 0 radical (unpaired) electrons. The van der Waals surface area contributed by atoms with E-state index in [0.29, 0.717) is 6.07 Å². The second-order valence-electron chi connectivity index (χ2n) is 2.22. The maximum atomic E-state index is 12.8. The molecular weight excluding hydrogens is 247 g/mol. The molecule has 0 nitrogen and oxygen atoms in total. The second kappa shape index (κ2) is 3.94. The summed E-state index contributed by atoms with van der Waals surface area (Å²) in [6.45, 7) is 0. The Hall–Kier alpha value is -0.490. The second-order valence-corrected chi connectivity index (χ2v) is 3.70. The molecule has 0 aliphatic rings. The van der Waals surface area contributed by atoms with E-state index < -0.39 is 38.8 Å². The molecule has 0 atom stereocenters. The third kappa shape index (κ3) is 2.75. The van der Waals surface area contributed by atoms with Crippen molar-refractivity contribution < 1.29 is 22.0 Å². The van der Waals surface area contributed by atoms with Crippen molar-refractivity contribution in [2.24, 2.45) is 0 Å². The van der Waals surface area contributed by atoms with Crippen LogP contribution < -0.4 is 0 Å². The lowest BCUT2D eigenvalue weighted by Gasteiger charge is -2.08. The molecule has 0 N–H and O–H groups in total. The standard InChI is InChI=1S/C7H2ClF5S/c8-3-1-2-4(9)5(10)6(3)14-7(11,12)13/h1-2H. The van der Waals surface area contributed by atoms with E-state index in [4.69, 9.17) is 11.6 Å². The molecule has 78 valence electrons. The van der Waals surface area contributed by atoms with Crippen molar-refractivity contribution in [3.63, 3.8) is 0 Å². The van der Waals surface area contributed by atoms with Crippen LogP contribution in [0.3, 0.4) is 0 Å². The predicted molar refractivity (Wildman–Crippen MR) is 43.3 cm³/mol. The largest absolute Gasteiger partial charge is 0.446 e. The van der Waals surface area contributed by atoms with Crippen LogP contribution in [0.5, 0.6) is 0 Å². The quantitative estimate of drug-likeness (QED) is 0.407. The van der Waals surface area contributed by atoms with E-state index in [1.807, 2.05) is 0 Å². The molecule has 0 unspecified atom stereocenters. The topological polar surface area (TPSA) is 0 Å². The summed E-state index contributed by atoms with van der Waals surface area (Å²) < 4.78 is 60.9. The highest BCUT2D eigenvalue weighted by atomic mass is 35.5. The molecule has 0 aliphatic carbocycles. The van der Waals surface area contributed by atoms with Crippen LogP contribution in [-0.2, 0) is 0 Å². The van der Waals surface area contributed by atoms with Crippen LogP contribution in [0.4, 0.5) is 22.0 Å². The van der Waals surface area contributed by atoms with Gasteiger partial charge in [-0.05, 0) is 23.9 Å². The molecule has 0 saturated heterocycles. The number of rotatable bonds is 1. The van der Waals surface area contributed by atoms with Crippen LogP contribution >= 0.6 is 23.4 Å². The van der Waals surface area contributed by atoms with E-state index in [1.165, 1.54) is 0 Å². The van der Waals surface area contributed by atoms with E-state index in [1.54, 1.807) is 0 Å². The van der Waals surface area contributed by atoms with Crippen molar-refractivity contribution in [2.45, 2.75) is 10.4 Å². The van der Waals surface area contributed by atoms with E-state index in [0.717, 1.165) is 6.07 Å². The molecule has 1 aromatic rings. The first-order valence-corrected chi connectivity index (χ1v) is 4.40. The smallest absolute Gasteiger partial charge is 0.204 e. The van der Waals surface area contributed by atoms with Gasteiger partial charge in [-0.3, -0.25) is 0 Å². The minimum Gasteiger partial charge on any atom is -0.204 e. The van der Waals surface area contributed by atoms with Gasteiger partial charge >= 0.3 is 5.51 Å². The van der Waals surface area contributed by atoms with Gasteiger partial charge in [0, 0.05) is 0 Å². The molecule has 0 fully saturated rings. The number of thioether (sulfide) groups is 1. The summed E-state index contributed by atoms with van der Waals surface area (Å²) in [5.74, 6) is -2.94. The van der Waals surface area contributed by atoms with E-state index in [9.17, 15) is 22.0 Å². The lowest BCUT2D eigenvalue weighted by Crippen LogP contribution is -2.01. The average molecular weight is 249 g/mol. The van der Waals surface area contributed by atoms with Crippen LogP contribution in [0, 0.1) is 11.6 Å². The zero-order chi connectivity index (χ0) is 10.9. The molecule has 0 bridgehead atoms. The molecule has 7 heteroatoms. The summed E-state index contributed by atoms with van der Waals surface area (Å²) in [7, 11) is 0. The van der Waals surface area contributed by atoms with E-state index in [2.05, 4.69) is 0 Å². The van der Waals surface area contributed by atoms with Gasteiger partial charge in [0.25, 0.3) is 0 Å². The van der Waals surface area contributed by atoms with Crippen molar-refractivity contribution in [2.75, 3.05) is 0 Å². The van der Waals surface area contributed by atoms with Crippen molar-refractivity contribution in [3.05, 3.63) is 28.8 Å². The molecule has 0 aromatic heterocycles. The highest BCUT2D eigenvalue weighted by Crippen LogP contribution is 2.41. The molecule has 14 heavy (non-hydrogen) atoms. The number of alkyl halides is 3. The first kappa shape index (κ1) is 11.6. The Labute approximate surface area is 85.1 Å². The summed E-state index contributed by atoms with van der Waals surface area (Å²) in [6.07, 6.45) is 0. The third-order valence-electron chi connectivity index (χ3n) is 1.22. The lowest BCUT2D eigenvalue weighted by molar-refractivity contribution is -0.0329. The third-order valence-corrected chi connectivity index (χ3v) is 2.48. The first-order valence-electron chi connectivity index (χ1n) is 3.20. The maximum Gasteiger partial charge on any atom is 0.446 e. The zero-order valence-corrected chi connectivity index (χ0v) is 7.90. The van der Waals surface area contributed by atoms with Crippen molar-refractivity contribution in [1.29, 1.82) is 0 Å². The van der Waals surface area contributed by atoms with Gasteiger partial charge in [-0.15, -0.1) is 0 Å². The zero-order valence-electron chi connectivity index (χ0n) is 6.33. The van der Waals surface area contributed by atoms with Crippen LogP contribution in [-0.4, -0.2) is 5.51 Å². The molecule has 0 saturated carbocycles. The fraction of sp³-hybridized carbons (Fsp3) is 0.143. The maximum absolute atomic E-state index is 12.8. The van der Waals surface area contributed by atoms with Gasteiger partial charge in [-0.2, -0.15) is 13.2 Å². The Bertz CT molecular complexity index is 349. The van der Waals surface area contributed by atoms with Gasteiger partial charge in [0.05, 0.1) is 9.92 Å². The van der Waals surface area contributed by atoms with Gasteiger partial charge in [-0.25, -0.2) is 8.78 Å². The first-order chi connectivity index (χ1) is 6.31. The Morgan fingerprint density at radius 3 is 2.21 bits per heavy atom. The molecule has 0 heterocycles. The summed E-state index contributed by atoms with van der Waals surface area (Å²) in [6, 6.07) is 1.53. The summed E-state index contributed by atoms with van der Waals surface area (Å²) >= 11 is 4.50. The molecular formula is C7H2ClF5S. The summed E-state index contributed by atoms with van der Waals surface area (Å²) in [5.41, 5.74) is -4.70. The van der Waals surface area contributed by atoms with Crippen LogP contribution in [0.25, 0.3) is 0 Å². The number of hydrogen-bond acceptors (Lipinski definition) is 1. The van der Waals surface area contributed by atoms with Crippen molar-refractivity contribution >= 4 is 23.4 Å². The van der Waals surface area contributed by atoms with E-state index in [-0.39, 0.29) is 0 Å². The van der Waals surface area contributed by atoms with Crippen molar-refractivity contribution in [1.82, 2.24) is 0 Å². The van der Waals surface area contributed by atoms with Crippen molar-refractivity contribution in [3.8, 4) is 0 Å². The van der Waals surface area contributed by atoms with Crippen LogP contribution in [0.2, 0.25) is 5.02 Å². The summed E-state index contributed by atoms with van der Waals surface area (Å²) in [4.78, 5) is -0.945. The van der Waals surface area contributed by atoms with Crippen LogP contribution in [0.1, 0.15) is 0 Å². The average Bonchev–Trinajstić information content (AvgIpc) is 2.04. The molecule has 1 aromatic carbocycles. The Morgan fingerprint density at radius 2 is 1.71 bits per heavy atom. The Kier molecular flexibility index (Phi) is 3.26. The van der Waals surface area contributed by atoms with Gasteiger partial charge in [0.1, 0.15) is 0 Å². The normalized spacial score (nSPS) is 11.9. The number of halogens is 6. The van der Waals surface area contributed by atoms with Gasteiger partial charge in [-0.1, -0.05) is 11.6 Å². The minimum absolute atomic E-state index is 0.466. The highest BCUT2D eigenvalue weighted by Gasteiger charge is 2.32. The highest BCUT2D eigenvalue weighted by molar-refractivity contribution is 8.00. The molecule has 0 aliphatic heterocycles.